The number of anilines is 2. The first-order valence-corrected chi connectivity index (χ1v) is 10.00. The Morgan fingerprint density at radius 3 is 3.00 bits per heavy atom. The summed E-state index contributed by atoms with van der Waals surface area (Å²) in [5.74, 6) is 2.29. The number of carbonyl (C=O) groups is 1. The van der Waals surface area contributed by atoms with E-state index in [0.717, 1.165) is 28.8 Å². The van der Waals surface area contributed by atoms with E-state index >= 15 is 0 Å². The molecule has 1 N–H and O–H groups in total. The van der Waals surface area contributed by atoms with Crippen LogP contribution in [0.3, 0.4) is 0 Å². The number of rotatable bonds is 5. The molecule has 8 heteroatoms. The first-order valence-electron chi connectivity index (χ1n) is 9.12. The van der Waals surface area contributed by atoms with Crippen LogP contribution in [0.2, 0.25) is 0 Å². The highest BCUT2D eigenvalue weighted by molar-refractivity contribution is 7.13. The Morgan fingerprint density at radius 2 is 2.25 bits per heavy atom. The zero-order valence-electron chi connectivity index (χ0n) is 15.8. The van der Waals surface area contributed by atoms with Crippen molar-refractivity contribution in [3.63, 3.8) is 0 Å². The average molecular weight is 395 g/mol. The lowest BCUT2D eigenvalue weighted by molar-refractivity contribution is -0.124. The fraction of sp³-hybridized carbons (Fsp3) is 0.300. The summed E-state index contributed by atoms with van der Waals surface area (Å²) in [6.07, 6.45) is 5.73. The van der Waals surface area contributed by atoms with E-state index in [2.05, 4.69) is 20.3 Å². The van der Waals surface area contributed by atoms with Crippen molar-refractivity contribution < 1.29 is 9.21 Å². The SMILES string of the molecule is Cc1csc(Nc2cc([C@@H]3CCN(C(=O)/C=C/c4ccco4)C3)nc(C)n2)n1. The number of nitrogens with zero attached hydrogens (tertiary/aromatic N) is 4. The first kappa shape index (κ1) is 18.4. The predicted octanol–water partition coefficient (Wildman–Crippen LogP) is 3.92. The highest BCUT2D eigenvalue weighted by Crippen LogP contribution is 2.28. The molecule has 28 heavy (non-hydrogen) atoms. The average Bonchev–Trinajstić information content (AvgIpc) is 3.41. The van der Waals surface area contributed by atoms with Crippen LogP contribution in [0.15, 0.2) is 40.3 Å². The number of hydrogen-bond donors (Lipinski definition) is 1. The lowest BCUT2D eigenvalue weighted by Crippen LogP contribution is -2.26. The van der Waals surface area contributed by atoms with Gasteiger partial charge in [-0.25, -0.2) is 15.0 Å². The minimum atomic E-state index is -0.0127. The highest BCUT2D eigenvalue weighted by atomic mass is 32.1. The van der Waals surface area contributed by atoms with Crippen LogP contribution in [0.5, 0.6) is 0 Å². The van der Waals surface area contributed by atoms with Crippen molar-refractivity contribution in [2.75, 3.05) is 18.4 Å². The molecule has 1 fully saturated rings. The number of furan rings is 1. The minimum absolute atomic E-state index is 0.0127. The summed E-state index contributed by atoms with van der Waals surface area (Å²) >= 11 is 1.55. The van der Waals surface area contributed by atoms with Gasteiger partial charge in [-0.2, -0.15) is 0 Å². The van der Waals surface area contributed by atoms with E-state index in [9.17, 15) is 4.79 Å². The number of hydrogen-bond acceptors (Lipinski definition) is 7. The van der Waals surface area contributed by atoms with E-state index in [-0.39, 0.29) is 11.8 Å². The lowest BCUT2D eigenvalue weighted by Gasteiger charge is -2.15. The summed E-state index contributed by atoms with van der Waals surface area (Å²) in [5, 5.41) is 6.06. The molecule has 4 rings (SSSR count). The smallest absolute Gasteiger partial charge is 0.246 e. The molecule has 7 nitrogen and oxygen atoms in total. The van der Waals surface area contributed by atoms with Crippen molar-refractivity contribution in [1.29, 1.82) is 0 Å². The van der Waals surface area contributed by atoms with Crippen LogP contribution in [0.1, 0.15) is 35.3 Å². The molecular weight excluding hydrogens is 374 g/mol. The Hall–Kier alpha value is -3.00. The molecule has 1 amide bonds. The Labute approximate surface area is 167 Å². The normalized spacial score (nSPS) is 16.8. The number of aromatic nitrogens is 3. The second-order valence-corrected chi connectivity index (χ2v) is 7.62. The highest BCUT2D eigenvalue weighted by Gasteiger charge is 2.27. The molecule has 0 spiro atoms. The van der Waals surface area contributed by atoms with Gasteiger partial charge < -0.3 is 14.6 Å². The van der Waals surface area contributed by atoms with Gasteiger partial charge in [0.1, 0.15) is 17.4 Å². The van der Waals surface area contributed by atoms with Crippen molar-refractivity contribution in [1.82, 2.24) is 19.9 Å². The van der Waals surface area contributed by atoms with Gasteiger partial charge in [0.15, 0.2) is 5.13 Å². The van der Waals surface area contributed by atoms with Crippen LogP contribution in [-0.4, -0.2) is 38.8 Å². The monoisotopic (exact) mass is 395 g/mol. The fourth-order valence-electron chi connectivity index (χ4n) is 3.23. The number of amides is 1. The van der Waals surface area contributed by atoms with Crippen molar-refractivity contribution >= 4 is 34.3 Å². The Kier molecular flexibility index (Phi) is 5.21. The van der Waals surface area contributed by atoms with Crippen LogP contribution in [0, 0.1) is 13.8 Å². The van der Waals surface area contributed by atoms with E-state index in [0.29, 0.717) is 24.7 Å². The molecule has 0 radical (unpaired) electrons. The molecule has 1 aliphatic heterocycles. The van der Waals surface area contributed by atoms with Crippen molar-refractivity contribution in [2.24, 2.45) is 0 Å². The van der Waals surface area contributed by atoms with Gasteiger partial charge in [0, 0.05) is 36.5 Å². The summed E-state index contributed by atoms with van der Waals surface area (Å²) in [5.41, 5.74) is 1.93. The maximum atomic E-state index is 12.4. The van der Waals surface area contributed by atoms with Crippen LogP contribution in [0.4, 0.5) is 10.9 Å². The molecule has 0 aliphatic carbocycles. The third-order valence-electron chi connectivity index (χ3n) is 4.56. The third kappa shape index (κ3) is 4.28. The van der Waals surface area contributed by atoms with Gasteiger partial charge in [-0.05, 0) is 38.5 Å². The molecule has 0 aromatic carbocycles. The maximum Gasteiger partial charge on any atom is 0.246 e. The number of likely N-dealkylation sites (tertiary alicyclic amines) is 1. The van der Waals surface area contributed by atoms with E-state index in [1.807, 2.05) is 36.3 Å². The standard InChI is InChI=1S/C20H21N5O2S/c1-13-12-28-20(21-13)24-18-10-17(22-14(2)23-18)15-7-8-25(11-15)19(26)6-5-16-4-3-9-27-16/h3-6,9-10,12,15H,7-8,11H2,1-2H3,(H,21,22,23,24)/b6-5+/t15-/m1/s1. The van der Waals surface area contributed by atoms with Gasteiger partial charge in [-0.1, -0.05) is 0 Å². The van der Waals surface area contributed by atoms with E-state index in [1.54, 1.807) is 35.8 Å². The number of carbonyl (C=O) groups excluding carboxylic acids is 1. The van der Waals surface area contributed by atoms with Gasteiger partial charge in [-0.3, -0.25) is 4.79 Å². The minimum Gasteiger partial charge on any atom is -0.465 e. The quantitative estimate of drug-likeness (QED) is 0.659. The molecule has 1 saturated heterocycles. The summed E-state index contributed by atoms with van der Waals surface area (Å²) in [7, 11) is 0. The molecule has 4 heterocycles. The molecule has 1 atom stereocenters. The number of nitrogens with one attached hydrogen (secondary N) is 1. The Balaban J connectivity index is 1.44. The maximum absolute atomic E-state index is 12.4. The Morgan fingerprint density at radius 1 is 1.36 bits per heavy atom. The summed E-state index contributed by atoms with van der Waals surface area (Å²) in [6, 6.07) is 5.58. The van der Waals surface area contributed by atoms with E-state index < -0.39 is 0 Å². The third-order valence-corrected chi connectivity index (χ3v) is 5.44. The first-order chi connectivity index (χ1) is 13.6. The van der Waals surface area contributed by atoms with Crippen LogP contribution >= 0.6 is 11.3 Å². The molecule has 0 unspecified atom stereocenters. The van der Waals surface area contributed by atoms with Gasteiger partial charge in [-0.15, -0.1) is 11.3 Å². The molecule has 3 aromatic rings. The van der Waals surface area contributed by atoms with Crippen LogP contribution < -0.4 is 5.32 Å². The van der Waals surface area contributed by atoms with E-state index in [4.69, 9.17) is 4.42 Å². The zero-order chi connectivity index (χ0) is 19.5. The molecule has 1 aliphatic rings. The van der Waals surface area contributed by atoms with Gasteiger partial charge in [0.2, 0.25) is 5.91 Å². The number of aryl methyl sites for hydroxylation is 2. The zero-order valence-corrected chi connectivity index (χ0v) is 16.6. The second kappa shape index (κ2) is 7.93. The summed E-state index contributed by atoms with van der Waals surface area (Å²) < 4.78 is 5.23. The molecule has 0 saturated carbocycles. The largest absolute Gasteiger partial charge is 0.465 e. The van der Waals surface area contributed by atoms with Gasteiger partial charge >= 0.3 is 0 Å². The van der Waals surface area contributed by atoms with Crippen molar-refractivity contribution in [2.45, 2.75) is 26.2 Å². The topological polar surface area (TPSA) is 84.2 Å². The fourth-order valence-corrected chi connectivity index (χ4v) is 3.93. The molecule has 0 bridgehead atoms. The molecular formula is C20H21N5O2S. The van der Waals surface area contributed by atoms with Crippen molar-refractivity contribution in [3.8, 4) is 0 Å². The molecule has 3 aromatic heterocycles. The van der Waals surface area contributed by atoms with Gasteiger partial charge in [0.05, 0.1) is 17.7 Å². The van der Waals surface area contributed by atoms with Crippen LogP contribution in [-0.2, 0) is 4.79 Å². The van der Waals surface area contributed by atoms with E-state index in [1.165, 1.54) is 0 Å². The molecule has 144 valence electrons. The van der Waals surface area contributed by atoms with Crippen LogP contribution in [0.25, 0.3) is 6.08 Å². The Bertz CT molecular complexity index is 996. The number of thiazole rings is 1. The summed E-state index contributed by atoms with van der Waals surface area (Å²) in [4.78, 5) is 27.8. The summed E-state index contributed by atoms with van der Waals surface area (Å²) in [6.45, 7) is 5.20. The second-order valence-electron chi connectivity index (χ2n) is 6.76. The predicted molar refractivity (Wildman–Crippen MR) is 109 cm³/mol. The van der Waals surface area contributed by atoms with Gasteiger partial charge in [0.25, 0.3) is 0 Å². The lowest BCUT2D eigenvalue weighted by atomic mass is 10.0. The van der Waals surface area contributed by atoms with Crippen molar-refractivity contribution in [3.05, 3.63) is 58.9 Å².